The van der Waals surface area contributed by atoms with Gasteiger partial charge in [-0.1, -0.05) is 6.07 Å². The summed E-state index contributed by atoms with van der Waals surface area (Å²) in [6.07, 6.45) is 4.81. The number of carbonyl (C=O) groups excluding carboxylic acids is 2. The number of anilines is 2. The Morgan fingerprint density at radius 3 is 1.57 bits per heavy atom. The Bertz CT molecular complexity index is 2440. The largest absolute Gasteiger partial charge is 0.301 e. The van der Waals surface area contributed by atoms with Crippen LogP contribution in [0, 0.1) is 23.3 Å². The molecule has 4 heterocycles. The molecule has 0 atom stereocenters. The lowest BCUT2D eigenvalue weighted by Gasteiger charge is -2.23. The molecule has 0 unspecified atom stereocenters. The molecule has 0 saturated heterocycles. The predicted molar refractivity (Wildman–Crippen MR) is 203 cm³/mol. The molecule has 0 saturated carbocycles. The van der Waals surface area contributed by atoms with Crippen LogP contribution in [0.2, 0.25) is 0 Å². The second-order valence-electron chi connectivity index (χ2n) is 12.6. The standard InChI is InChI=1S/2C18H15F2N3O3S2/c1-18(2,28(25,26)15-6-5-12(19)8-13(15)20)16(24)23-17-22-14(10-27-17)11-4-3-7-21-9-11;1-18(2,28(25,26)15-7-6-11(19)9-12(15)20)16(24)23-17-22-14(10-27-17)13-5-3-4-8-21-13/h2*3-10H,1-2H3,(H,22,23,24). The van der Waals surface area contributed by atoms with Crippen molar-refractivity contribution in [1.82, 2.24) is 19.9 Å². The van der Waals surface area contributed by atoms with Gasteiger partial charge >= 0.3 is 0 Å². The molecular weight excluding hydrogens is 817 g/mol. The van der Waals surface area contributed by atoms with Gasteiger partial charge in [0.25, 0.3) is 0 Å². The second kappa shape index (κ2) is 16.3. The zero-order chi connectivity index (χ0) is 41.1. The third kappa shape index (κ3) is 8.67. The number of thiazole rings is 2. The fourth-order valence-corrected chi connectivity index (χ4v) is 8.85. The highest BCUT2D eigenvalue weighted by molar-refractivity contribution is 7.94. The molecule has 2 amide bonds. The number of rotatable bonds is 10. The van der Waals surface area contributed by atoms with Crippen LogP contribution in [0.1, 0.15) is 27.7 Å². The van der Waals surface area contributed by atoms with Crippen LogP contribution >= 0.6 is 22.7 Å². The molecule has 0 aliphatic heterocycles. The van der Waals surface area contributed by atoms with Crippen molar-refractivity contribution in [1.29, 1.82) is 0 Å². The Kier molecular flexibility index (Phi) is 12.2. The average molecular weight is 847 g/mol. The van der Waals surface area contributed by atoms with Crippen LogP contribution in [0.15, 0.2) is 106 Å². The number of hydrogen-bond donors (Lipinski definition) is 2. The number of hydrogen-bond acceptors (Lipinski definition) is 12. The van der Waals surface area contributed by atoms with Crippen molar-refractivity contribution in [3.05, 3.63) is 119 Å². The van der Waals surface area contributed by atoms with Gasteiger partial charge in [-0.05, 0) is 76.2 Å². The Morgan fingerprint density at radius 1 is 0.625 bits per heavy atom. The van der Waals surface area contributed by atoms with E-state index in [4.69, 9.17) is 0 Å². The molecule has 0 aliphatic carbocycles. The maximum absolute atomic E-state index is 14.0. The molecule has 0 spiro atoms. The van der Waals surface area contributed by atoms with Crippen LogP contribution in [0.5, 0.6) is 0 Å². The van der Waals surface area contributed by atoms with Gasteiger partial charge in [0.2, 0.25) is 11.8 Å². The molecule has 2 N–H and O–H groups in total. The number of nitrogens with one attached hydrogen (secondary N) is 2. The molecule has 12 nitrogen and oxygen atoms in total. The predicted octanol–water partition coefficient (Wildman–Crippen LogP) is 7.35. The molecule has 0 bridgehead atoms. The molecule has 292 valence electrons. The van der Waals surface area contributed by atoms with E-state index in [9.17, 15) is 44.0 Å². The summed E-state index contributed by atoms with van der Waals surface area (Å²) < 4.78 is 101. The fourth-order valence-electron chi connectivity index (χ4n) is 4.62. The van der Waals surface area contributed by atoms with Crippen LogP contribution in [0.3, 0.4) is 0 Å². The van der Waals surface area contributed by atoms with Gasteiger partial charge < -0.3 is 10.6 Å². The summed E-state index contributed by atoms with van der Waals surface area (Å²) in [6, 6.07) is 13.0. The van der Waals surface area contributed by atoms with Gasteiger partial charge in [-0.25, -0.2) is 44.4 Å². The number of benzene rings is 2. The molecule has 6 rings (SSSR count). The molecule has 0 fully saturated rings. The van der Waals surface area contributed by atoms with Crippen molar-refractivity contribution in [2.24, 2.45) is 0 Å². The topological polar surface area (TPSA) is 178 Å². The van der Waals surface area contributed by atoms with E-state index in [1.54, 1.807) is 59.7 Å². The number of amides is 2. The quantitative estimate of drug-likeness (QED) is 0.105. The highest BCUT2D eigenvalue weighted by atomic mass is 32.2. The minimum absolute atomic E-state index is 0.175. The molecular formula is C36H30F4N6O6S4. The lowest BCUT2D eigenvalue weighted by atomic mass is 10.2. The van der Waals surface area contributed by atoms with E-state index in [0.717, 1.165) is 80.2 Å². The minimum atomic E-state index is -4.44. The van der Waals surface area contributed by atoms with E-state index in [1.165, 1.54) is 0 Å². The summed E-state index contributed by atoms with van der Waals surface area (Å²) in [7, 11) is -8.88. The molecule has 56 heavy (non-hydrogen) atoms. The number of sulfone groups is 2. The summed E-state index contributed by atoms with van der Waals surface area (Å²) in [5, 5.41) is 8.61. The zero-order valence-corrected chi connectivity index (χ0v) is 32.9. The van der Waals surface area contributed by atoms with Crippen LogP contribution < -0.4 is 10.6 Å². The summed E-state index contributed by atoms with van der Waals surface area (Å²) in [5.41, 5.74) is 2.42. The van der Waals surface area contributed by atoms with Gasteiger partial charge in [-0.3, -0.25) is 19.6 Å². The van der Waals surface area contributed by atoms with E-state index in [1.807, 2.05) is 0 Å². The van der Waals surface area contributed by atoms with E-state index in [2.05, 4.69) is 30.6 Å². The van der Waals surface area contributed by atoms with Crippen molar-refractivity contribution >= 4 is 64.4 Å². The summed E-state index contributed by atoms with van der Waals surface area (Å²) in [4.78, 5) is 40.4. The lowest BCUT2D eigenvalue weighted by Crippen LogP contribution is -2.44. The third-order valence-corrected chi connectivity index (χ3v) is 14.5. The van der Waals surface area contributed by atoms with Crippen LogP contribution in [0.4, 0.5) is 27.8 Å². The third-order valence-electron chi connectivity index (χ3n) is 8.14. The van der Waals surface area contributed by atoms with Crippen LogP contribution in [-0.4, -0.2) is 58.1 Å². The normalized spacial score (nSPS) is 12.0. The molecule has 20 heteroatoms. The van der Waals surface area contributed by atoms with Gasteiger partial charge in [0.05, 0.1) is 11.4 Å². The molecule has 6 aromatic rings. The van der Waals surface area contributed by atoms with Crippen molar-refractivity contribution in [2.75, 3.05) is 10.6 Å². The molecule has 0 aliphatic rings. The van der Waals surface area contributed by atoms with E-state index < -0.39 is 74.0 Å². The van der Waals surface area contributed by atoms with Gasteiger partial charge in [-0.2, -0.15) is 0 Å². The number of pyridine rings is 2. The second-order valence-corrected chi connectivity index (χ2v) is 19.3. The first kappa shape index (κ1) is 41.7. The Hall–Kier alpha value is -5.44. The molecule has 0 radical (unpaired) electrons. The van der Waals surface area contributed by atoms with Crippen LogP contribution in [-0.2, 0) is 29.3 Å². The van der Waals surface area contributed by atoms with Gasteiger partial charge in [0.1, 0.15) is 48.2 Å². The van der Waals surface area contributed by atoms with Crippen molar-refractivity contribution in [3.63, 3.8) is 0 Å². The summed E-state index contributed by atoms with van der Waals surface area (Å²) >= 11 is 2.21. The number of nitrogens with zero attached hydrogens (tertiary/aromatic N) is 4. The van der Waals surface area contributed by atoms with E-state index >= 15 is 0 Å². The van der Waals surface area contributed by atoms with Crippen LogP contribution in [0.25, 0.3) is 22.6 Å². The van der Waals surface area contributed by atoms with Gasteiger partial charge in [0.15, 0.2) is 29.9 Å². The van der Waals surface area contributed by atoms with Gasteiger partial charge in [-0.15, -0.1) is 22.7 Å². The first-order chi connectivity index (χ1) is 26.3. The number of halogens is 4. The monoisotopic (exact) mass is 846 g/mol. The zero-order valence-electron chi connectivity index (χ0n) is 29.6. The smallest absolute Gasteiger partial charge is 0.247 e. The molecule has 4 aromatic heterocycles. The minimum Gasteiger partial charge on any atom is -0.301 e. The summed E-state index contributed by atoms with van der Waals surface area (Å²) in [5.74, 6) is -6.11. The van der Waals surface area contributed by atoms with Crippen molar-refractivity contribution in [3.8, 4) is 22.6 Å². The maximum atomic E-state index is 14.0. The molecule has 2 aromatic carbocycles. The SMILES string of the molecule is CC(C)(C(=O)Nc1nc(-c2ccccn2)cs1)S(=O)(=O)c1ccc(F)cc1F.CC(C)(C(=O)Nc1nc(-c2cccnc2)cs1)S(=O)(=O)c1ccc(F)cc1F. The number of aromatic nitrogens is 4. The Balaban J connectivity index is 0.000000214. The Labute approximate surface area is 326 Å². The Morgan fingerprint density at radius 2 is 1.12 bits per heavy atom. The first-order valence-corrected chi connectivity index (χ1v) is 20.7. The fraction of sp³-hybridized carbons (Fsp3) is 0.167. The van der Waals surface area contributed by atoms with Crippen molar-refractivity contribution < 1.29 is 44.0 Å². The average Bonchev–Trinajstić information content (AvgIpc) is 3.82. The number of carbonyl (C=O) groups is 2. The van der Waals surface area contributed by atoms with Gasteiger partial charge in [0, 0.05) is 47.0 Å². The first-order valence-electron chi connectivity index (χ1n) is 16.0. The highest BCUT2D eigenvalue weighted by Gasteiger charge is 2.45. The van der Waals surface area contributed by atoms with E-state index in [-0.39, 0.29) is 10.3 Å². The highest BCUT2D eigenvalue weighted by Crippen LogP contribution is 2.32. The van der Waals surface area contributed by atoms with Crippen molar-refractivity contribution in [2.45, 2.75) is 47.0 Å². The van der Waals surface area contributed by atoms with E-state index in [0.29, 0.717) is 29.2 Å². The lowest BCUT2D eigenvalue weighted by molar-refractivity contribution is -0.118. The summed E-state index contributed by atoms with van der Waals surface area (Å²) in [6.45, 7) is 4.59. The maximum Gasteiger partial charge on any atom is 0.247 e.